The van der Waals surface area contributed by atoms with Gasteiger partial charge in [-0.15, -0.1) is 0 Å². The van der Waals surface area contributed by atoms with E-state index in [2.05, 4.69) is 31.8 Å². The van der Waals surface area contributed by atoms with Crippen LogP contribution in [0.15, 0.2) is 29.3 Å². The van der Waals surface area contributed by atoms with Gasteiger partial charge in [-0.25, -0.2) is 0 Å². The minimum Gasteiger partial charge on any atom is -0.379 e. The van der Waals surface area contributed by atoms with Crippen molar-refractivity contribution in [3.8, 4) is 0 Å². The van der Waals surface area contributed by atoms with Gasteiger partial charge in [0.05, 0.1) is 19.8 Å². The summed E-state index contributed by atoms with van der Waals surface area (Å²) < 4.78 is 5.35. The van der Waals surface area contributed by atoms with Gasteiger partial charge < -0.3 is 20.3 Å². The highest BCUT2D eigenvalue weighted by molar-refractivity contribution is 6.30. The first-order valence-electron chi connectivity index (χ1n) is 8.58. The van der Waals surface area contributed by atoms with Crippen LogP contribution in [0.4, 0.5) is 5.69 Å². The molecule has 0 aromatic heterocycles. The Hall–Kier alpha value is -1.50. The Labute approximate surface area is 148 Å². The van der Waals surface area contributed by atoms with E-state index in [9.17, 15) is 0 Å². The SMILES string of the molecule is NC(=NCCN1CCOCC1)N1CCN(c2ccc(Cl)cc2)CC1. The fourth-order valence-electron chi connectivity index (χ4n) is 3.08. The number of benzene rings is 1. The molecule has 3 rings (SSSR count). The van der Waals surface area contributed by atoms with Gasteiger partial charge >= 0.3 is 0 Å². The van der Waals surface area contributed by atoms with Crippen LogP contribution in [0.2, 0.25) is 5.02 Å². The molecule has 2 aliphatic heterocycles. The highest BCUT2D eigenvalue weighted by Gasteiger charge is 2.18. The molecule has 24 heavy (non-hydrogen) atoms. The van der Waals surface area contributed by atoms with E-state index < -0.39 is 0 Å². The van der Waals surface area contributed by atoms with Gasteiger partial charge in [-0.2, -0.15) is 0 Å². The number of nitrogens with zero attached hydrogens (tertiary/aromatic N) is 4. The Balaban J connectivity index is 1.43. The predicted molar refractivity (Wildman–Crippen MR) is 99.0 cm³/mol. The van der Waals surface area contributed by atoms with Crippen LogP contribution in [0.1, 0.15) is 0 Å². The smallest absolute Gasteiger partial charge is 0.191 e. The molecule has 2 aliphatic rings. The van der Waals surface area contributed by atoms with Crippen LogP contribution in [0.25, 0.3) is 0 Å². The summed E-state index contributed by atoms with van der Waals surface area (Å²) in [5.41, 5.74) is 7.37. The van der Waals surface area contributed by atoms with Crippen molar-refractivity contribution in [2.45, 2.75) is 0 Å². The molecule has 132 valence electrons. The number of anilines is 1. The van der Waals surface area contributed by atoms with Crippen LogP contribution in [0.3, 0.4) is 0 Å². The summed E-state index contributed by atoms with van der Waals surface area (Å²) >= 11 is 5.95. The maximum atomic E-state index is 6.16. The average Bonchev–Trinajstić information content (AvgIpc) is 2.63. The van der Waals surface area contributed by atoms with Crippen molar-refractivity contribution in [3.63, 3.8) is 0 Å². The minimum absolute atomic E-state index is 0.666. The third kappa shape index (κ3) is 4.75. The molecule has 0 bridgehead atoms. The van der Waals surface area contributed by atoms with E-state index in [1.807, 2.05) is 12.1 Å². The molecule has 7 heteroatoms. The normalized spacial score (nSPS) is 20.5. The highest BCUT2D eigenvalue weighted by atomic mass is 35.5. The van der Waals surface area contributed by atoms with Crippen molar-refractivity contribution in [2.75, 3.05) is 70.5 Å². The van der Waals surface area contributed by atoms with Crippen LogP contribution in [-0.4, -0.2) is 81.3 Å². The Morgan fingerprint density at radius 2 is 1.71 bits per heavy atom. The molecule has 0 atom stereocenters. The van der Waals surface area contributed by atoms with Gasteiger partial charge in [0.1, 0.15) is 0 Å². The quantitative estimate of drug-likeness (QED) is 0.650. The molecule has 1 aromatic rings. The van der Waals surface area contributed by atoms with Gasteiger partial charge in [0, 0.05) is 56.5 Å². The lowest BCUT2D eigenvalue weighted by Crippen LogP contribution is -2.51. The predicted octanol–water partition coefficient (Wildman–Crippen LogP) is 1.11. The number of nitrogens with two attached hydrogens (primary N) is 1. The molecular weight excluding hydrogens is 326 g/mol. The van der Waals surface area contributed by atoms with E-state index in [1.54, 1.807) is 0 Å². The third-order valence-corrected chi connectivity index (χ3v) is 4.84. The zero-order valence-electron chi connectivity index (χ0n) is 14.0. The highest BCUT2D eigenvalue weighted by Crippen LogP contribution is 2.19. The molecule has 0 aliphatic carbocycles. The van der Waals surface area contributed by atoms with Gasteiger partial charge in [0.15, 0.2) is 5.96 Å². The van der Waals surface area contributed by atoms with Crippen LogP contribution >= 0.6 is 11.6 Å². The van der Waals surface area contributed by atoms with E-state index >= 15 is 0 Å². The van der Waals surface area contributed by atoms with Crippen molar-refractivity contribution in [1.29, 1.82) is 0 Å². The zero-order valence-corrected chi connectivity index (χ0v) is 14.8. The number of morpholine rings is 1. The molecule has 2 fully saturated rings. The number of hydrogen-bond donors (Lipinski definition) is 1. The Bertz CT molecular complexity index is 536. The van der Waals surface area contributed by atoms with Crippen molar-refractivity contribution < 1.29 is 4.74 Å². The Kier molecular flexibility index (Phi) is 6.18. The molecule has 0 amide bonds. The van der Waals surface area contributed by atoms with Crippen molar-refractivity contribution in [1.82, 2.24) is 9.80 Å². The molecule has 0 unspecified atom stereocenters. The van der Waals surface area contributed by atoms with Gasteiger partial charge in [0.25, 0.3) is 0 Å². The van der Waals surface area contributed by atoms with Crippen LogP contribution in [0, 0.1) is 0 Å². The second-order valence-electron chi connectivity index (χ2n) is 6.14. The lowest BCUT2D eigenvalue weighted by Gasteiger charge is -2.36. The average molecular weight is 352 g/mol. The topological polar surface area (TPSA) is 57.3 Å². The monoisotopic (exact) mass is 351 g/mol. The zero-order chi connectivity index (χ0) is 16.8. The molecule has 6 nitrogen and oxygen atoms in total. The second-order valence-corrected chi connectivity index (χ2v) is 6.58. The first-order chi connectivity index (χ1) is 11.7. The van der Waals surface area contributed by atoms with Crippen LogP contribution in [0.5, 0.6) is 0 Å². The van der Waals surface area contributed by atoms with E-state index in [1.165, 1.54) is 5.69 Å². The van der Waals surface area contributed by atoms with Crippen LogP contribution in [-0.2, 0) is 4.74 Å². The maximum absolute atomic E-state index is 6.16. The Morgan fingerprint density at radius 3 is 2.38 bits per heavy atom. The number of rotatable bonds is 4. The summed E-state index contributed by atoms with van der Waals surface area (Å²) in [5, 5.41) is 0.772. The lowest BCUT2D eigenvalue weighted by atomic mass is 10.2. The summed E-state index contributed by atoms with van der Waals surface area (Å²) in [5.74, 6) is 0.666. The summed E-state index contributed by atoms with van der Waals surface area (Å²) in [6.45, 7) is 9.04. The standard InChI is InChI=1S/C17H26ClN5O/c18-15-1-3-16(4-2-15)22-7-9-23(10-8-22)17(19)20-5-6-21-11-13-24-14-12-21/h1-4H,5-14H2,(H2,19,20). The van der Waals surface area contributed by atoms with Gasteiger partial charge in [-0.3, -0.25) is 9.89 Å². The summed E-state index contributed by atoms with van der Waals surface area (Å²) in [6, 6.07) is 8.00. The third-order valence-electron chi connectivity index (χ3n) is 4.59. The largest absolute Gasteiger partial charge is 0.379 e. The fraction of sp³-hybridized carbons (Fsp3) is 0.588. The number of halogens is 1. The molecule has 0 radical (unpaired) electrons. The fourth-order valence-corrected chi connectivity index (χ4v) is 3.20. The number of hydrogen-bond acceptors (Lipinski definition) is 4. The summed E-state index contributed by atoms with van der Waals surface area (Å²) in [6.07, 6.45) is 0. The summed E-state index contributed by atoms with van der Waals surface area (Å²) in [4.78, 5) is 11.5. The summed E-state index contributed by atoms with van der Waals surface area (Å²) in [7, 11) is 0. The first-order valence-corrected chi connectivity index (χ1v) is 8.95. The number of guanidine groups is 1. The number of aliphatic imine (C=N–C) groups is 1. The second kappa shape index (κ2) is 8.55. The van der Waals surface area contributed by atoms with Gasteiger partial charge in [-0.1, -0.05) is 11.6 Å². The molecular formula is C17H26ClN5O. The minimum atomic E-state index is 0.666. The van der Waals surface area contributed by atoms with E-state index in [4.69, 9.17) is 22.1 Å². The lowest BCUT2D eigenvalue weighted by molar-refractivity contribution is 0.0394. The number of ether oxygens (including phenoxy) is 1. The maximum Gasteiger partial charge on any atom is 0.191 e. The molecule has 1 aromatic carbocycles. The van der Waals surface area contributed by atoms with E-state index in [0.29, 0.717) is 5.96 Å². The Morgan fingerprint density at radius 1 is 1.04 bits per heavy atom. The first kappa shape index (κ1) is 17.3. The van der Waals surface area contributed by atoms with Gasteiger partial charge in [-0.05, 0) is 24.3 Å². The molecule has 2 saturated heterocycles. The molecule has 2 N–H and O–H groups in total. The van der Waals surface area contributed by atoms with E-state index in [0.717, 1.165) is 70.6 Å². The van der Waals surface area contributed by atoms with Crippen molar-refractivity contribution in [3.05, 3.63) is 29.3 Å². The number of piperazine rings is 1. The van der Waals surface area contributed by atoms with Crippen LogP contribution < -0.4 is 10.6 Å². The molecule has 0 saturated carbocycles. The van der Waals surface area contributed by atoms with Crippen molar-refractivity contribution in [2.24, 2.45) is 10.7 Å². The van der Waals surface area contributed by atoms with E-state index in [-0.39, 0.29) is 0 Å². The van der Waals surface area contributed by atoms with Gasteiger partial charge in [0.2, 0.25) is 0 Å². The molecule has 2 heterocycles. The molecule has 0 spiro atoms. The van der Waals surface area contributed by atoms with Crippen molar-refractivity contribution >= 4 is 23.2 Å².